The van der Waals surface area contributed by atoms with Crippen LogP contribution < -0.4 is 0 Å². The Balaban J connectivity index is 2.39. The second-order valence-electron chi connectivity index (χ2n) is 5.28. The van der Waals surface area contributed by atoms with Crippen LogP contribution in [0.15, 0.2) is 48.5 Å². The number of hydrogen-bond acceptors (Lipinski definition) is 1. The number of aromatic nitrogens is 2. The molecular weight excluding hydrogens is 289 g/mol. The summed E-state index contributed by atoms with van der Waals surface area (Å²) >= 11 is 0. The van der Waals surface area contributed by atoms with Crippen LogP contribution in [0.5, 0.6) is 0 Å². The first-order chi connectivity index (χ1) is 10.5. The maximum Gasteiger partial charge on any atom is 0.450 e. The third-order valence-corrected chi connectivity index (χ3v) is 3.98. The van der Waals surface area contributed by atoms with Crippen LogP contribution in [0.25, 0.3) is 27.3 Å². The van der Waals surface area contributed by atoms with Gasteiger partial charge in [0.2, 0.25) is 5.82 Å². The predicted molar refractivity (Wildman–Crippen MR) is 79.9 cm³/mol. The van der Waals surface area contributed by atoms with E-state index in [1.54, 1.807) is 24.3 Å². The number of halogens is 3. The average molecular weight is 300 g/mol. The quantitative estimate of drug-likeness (QED) is 0.448. The Morgan fingerprint density at radius 1 is 0.909 bits per heavy atom. The fraction of sp³-hybridized carbons (Fsp3) is 0.118. The largest absolute Gasteiger partial charge is 0.450 e. The molecule has 0 bridgehead atoms. The molecule has 2 aromatic carbocycles. The Morgan fingerprint density at radius 2 is 1.55 bits per heavy atom. The molecule has 0 amide bonds. The van der Waals surface area contributed by atoms with Crippen LogP contribution in [-0.4, -0.2) is 9.38 Å². The standard InChI is InChI=1S/C17H11F3N2/c1-10-11-6-3-5-9-14(11)22-15(10)12-7-2-4-8-13(12)21-16(22)17(18,19)20/h2-9H,1H3. The van der Waals surface area contributed by atoms with Crippen LogP contribution in [0, 0.1) is 6.92 Å². The molecule has 110 valence electrons. The molecule has 0 spiro atoms. The smallest absolute Gasteiger partial charge is 0.289 e. The number of hydrogen-bond donors (Lipinski definition) is 0. The fourth-order valence-electron chi connectivity index (χ4n) is 3.07. The Kier molecular flexibility index (Phi) is 2.52. The third kappa shape index (κ3) is 1.65. The zero-order valence-corrected chi connectivity index (χ0v) is 11.6. The monoisotopic (exact) mass is 300 g/mol. The lowest BCUT2D eigenvalue weighted by molar-refractivity contribution is -0.145. The molecule has 2 heterocycles. The van der Waals surface area contributed by atoms with Crippen molar-refractivity contribution < 1.29 is 13.2 Å². The zero-order valence-electron chi connectivity index (χ0n) is 11.6. The SMILES string of the molecule is Cc1c2ccccc2n2c(C(F)(F)F)nc3ccccc3c12. The lowest BCUT2D eigenvalue weighted by atomic mass is 10.1. The van der Waals surface area contributed by atoms with Crippen molar-refractivity contribution in [3.8, 4) is 0 Å². The topological polar surface area (TPSA) is 17.3 Å². The number of fused-ring (bicyclic) bond motifs is 5. The highest BCUT2D eigenvalue weighted by Gasteiger charge is 2.37. The highest BCUT2D eigenvalue weighted by Crippen LogP contribution is 2.37. The van der Waals surface area contributed by atoms with Gasteiger partial charge in [-0.1, -0.05) is 36.4 Å². The molecule has 0 saturated heterocycles. The third-order valence-electron chi connectivity index (χ3n) is 3.98. The molecular formula is C17H11F3N2. The van der Waals surface area contributed by atoms with Gasteiger partial charge in [0, 0.05) is 10.8 Å². The Bertz CT molecular complexity index is 1030. The van der Waals surface area contributed by atoms with Gasteiger partial charge in [0.05, 0.1) is 16.6 Å². The Labute approximate surface area is 123 Å². The van der Waals surface area contributed by atoms with Gasteiger partial charge in [-0.3, -0.25) is 4.40 Å². The van der Waals surface area contributed by atoms with Crippen molar-refractivity contribution in [1.82, 2.24) is 9.38 Å². The molecule has 0 aliphatic heterocycles. The van der Waals surface area contributed by atoms with E-state index in [4.69, 9.17) is 0 Å². The molecule has 0 radical (unpaired) electrons. The van der Waals surface area contributed by atoms with Gasteiger partial charge in [-0.25, -0.2) is 4.98 Å². The summed E-state index contributed by atoms with van der Waals surface area (Å²) in [6.45, 7) is 1.85. The first-order valence-corrected chi connectivity index (χ1v) is 6.84. The van der Waals surface area contributed by atoms with Crippen molar-refractivity contribution in [2.24, 2.45) is 0 Å². The van der Waals surface area contributed by atoms with Gasteiger partial charge in [-0.05, 0) is 24.6 Å². The average Bonchev–Trinajstić information content (AvgIpc) is 2.80. The summed E-state index contributed by atoms with van der Waals surface area (Å²) in [7, 11) is 0. The van der Waals surface area contributed by atoms with E-state index in [2.05, 4.69) is 4.98 Å². The zero-order chi connectivity index (χ0) is 15.5. The minimum Gasteiger partial charge on any atom is -0.289 e. The number of rotatable bonds is 0. The van der Waals surface area contributed by atoms with E-state index in [0.29, 0.717) is 16.6 Å². The lowest BCUT2D eigenvalue weighted by Crippen LogP contribution is -2.14. The first-order valence-electron chi connectivity index (χ1n) is 6.84. The molecule has 4 aromatic rings. The molecule has 5 heteroatoms. The summed E-state index contributed by atoms with van der Waals surface area (Å²) in [5, 5.41) is 1.54. The van der Waals surface area contributed by atoms with Crippen molar-refractivity contribution in [2.45, 2.75) is 13.1 Å². The minimum atomic E-state index is -4.52. The predicted octanol–water partition coefficient (Wildman–Crippen LogP) is 4.97. The maximum absolute atomic E-state index is 13.5. The normalized spacial score (nSPS) is 12.5. The van der Waals surface area contributed by atoms with E-state index in [1.165, 1.54) is 4.40 Å². The van der Waals surface area contributed by atoms with Crippen molar-refractivity contribution >= 4 is 27.3 Å². The maximum atomic E-state index is 13.5. The Morgan fingerprint density at radius 3 is 2.27 bits per heavy atom. The molecule has 0 fully saturated rings. The summed E-state index contributed by atoms with van der Waals surface area (Å²) in [6, 6.07) is 14.0. The van der Waals surface area contributed by atoms with E-state index in [9.17, 15) is 13.2 Å². The van der Waals surface area contributed by atoms with E-state index in [-0.39, 0.29) is 0 Å². The molecule has 2 nitrogen and oxygen atoms in total. The van der Waals surface area contributed by atoms with Crippen LogP contribution in [-0.2, 0) is 6.18 Å². The number of alkyl halides is 3. The van der Waals surface area contributed by atoms with Crippen molar-refractivity contribution in [3.63, 3.8) is 0 Å². The lowest BCUT2D eigenvalue weighted by Gasteiger charge is -2.12. The van der Waals surface area contributed by atoms with Gasteiger partial charge in [0.15, 0.2) is 0 Å². The van der Waals surface area contributed by atoms with Crippen molar-refractivity contribution in [1.29, 1.82) is 0 Å². The molecule has 4 rings (SSSR count). The van der Waals surface area contributed by atoms with Crippen LogP contribution in [0.2, 0.25) is 0 Å². The first kappa shape index (κ1) is 13.1. The molecule has 0 aliphatic rings. The number of benzene rings is 2. The summed E-state index contributed by atoms with van der Waals surface area (Å²) < 4.78 is 41.7. The number of nitrogens with zero attached hydrogens (tertiary/aromatic N) is 2. The van der Waals surface area contributed by atoms with Crippen LogP contribution in [0.1, 0.15) is 11.4 Å². The molecule has 0 unspecified atom stereocenters. The van der Waals surface area contributed by atoms with Gasteiger partial charge in [0.25, 0.3) is 0 Å². The van der Waals surface area contributed by atoms with Gasteiger partial charge < -0.3 is 0 Å². The molecule has 0 aliphatic carbocycles. The van der Waals surface area contributed by atoms with E-state index in [1.807, 2.05) is 31.2 Å². The summed E-state index contributed by atoms with van der Waals surface area (Å²) in [4.78, 5) is 3.88. The molecule has 0 atom stereocenters. The van der Waals surface area contributed by atoms with Gasteiger partial charge in [0.1, 0.15) is 0 Å². The fourth-order valence-corrected chi connectivity index (χ4v) is 3.07. The molecule has 2 aromatic heterocycles. The highest BCUT2D eigenvalue weighted by atomic mass is 19.4. The van der Waals surface area contributed by atoms with E-state index >= 15 is 0 Å². The van der Waals surface area contributed by atoms with Gasteiger partial charge in [-0.2, -0.15) is 13.2 Å². The molecule has 0 N–H and O–H groups in total. The molecule has 22 heavy (non-hydrogen) atoms. The van der Waals surface area contributed by atoms with Crippen LogP contribution in [0.4, 0.5) is 13.2 Å². The number of aryl methyl sites for hydroxylation is 1. The summed E-state index contributed by atoms with van der Waals surface area (Å²) in [5.41, 5.74) is 2.28. The summed E-state index contributed by atoms with van der Waals surface area (Å²) in [6.07, 6.45) is -4.52. The van der Waals surface area contributed by atoms with E-state index < -0.39 is 12.0 Å². The minimum absolute atomic E-state index is 0.355. The molecule has 0 saturated carbocycles. The van der Waals surface area contributed by atoms with Crippen LogP contribution >= 0.6 is 0 Å². The Hall–Kier alpha value is -2.56. The highest BCUT2D eigenvalue weighted by molar-refractivity contribution is 6.04. The van der Waals surface area contributed by atoms with Gasteiger partial charge in [-0.15, -0.1) is 0 Å². The second kappa shape index (κ2) is 4.22. The van der Waals surface area contributed by atoms with Crippen molar-refractivity contribution in [2.75, 3.05) is 0 Å². The van der Waals surface area contributed by atoms with Gasteiger partial charge >= 0.3 is 6.18 Å². The van der Waals surface area contributed by atoms with Crippen molar-refractivity contribution in [3.05, 3.63) is 59.9 Å². The van der Waals surface area contributed by atoms with Crippen LogP contribution in [0.3, 0.4) is 0 Å². The second-order valence-corrected chi connectivity index (χ2v) is 5.28. The summed E-state index contributed by atoms with van der Waals surface area (Å²) in [5.74, 6) is -0.884. The number of para-hydroxylation sites is 2. The van der Waals surface area contributed by atoms with E-state index in [0.717, 1.165) is 16.3 Å².